The van der Waals surface area contributed by atoms with Crippen molar-refractivity contribution in [2.75, 3.05) is 41.3 Å². The quantitative estimate of drug-likeness (QED) is 0.532. The maximum absolute atomic E-state index is 5.97. The van der Waals surface area contributed by atoms with Gasteiger partial charge in [0.15, 0.2) is 0 Å². The zero-order chi connectivity index (χ0) is 13.7. The number of likely N-dealkylation sites (N-methyl/N-ethyl adjacent to an activating group) is 2. The Morgan fingerprint density at radius 1 is 0.765 bits per heavy atom. The van der Waals surface area contributed by atoms with Crippen molar-refractivity contribution < 1.29 is 5.37 Å². The van der Waals surface area contributed by atoms with Gasteiger partial charge in [0.05, 0.1) is 0 Å². The van der Waals surface area contributed by atoms with Crippen molar-refractivity contribution >= 4 is 25.1 Å². The summed E-state index contributed by atoms with van der Waals surface area (Å²) in [5, 5.41) is 0. The van der Waals surface area contributed by atoms with E-state index in [-0.39, 0.29) is 11.2 Å². The van der Waals surface area contributed by atoms with Gasteiger partial charge in [-0.1, -0.05) is 0 Å². The van der Waals surface area contributed by atoms with E-state index in [0.717, 1.165) is 13.1 Å². The fourth-order valence-corrected chi connectivity index (χ4v) is 4.25. The van der Waals surface area contributed by atoms with Crippen LogP contribution < -0.4 is 0 Å². The van der Waals surface area contributed by atoms with Gasteiger partial charge in [-0.15, -0.1) is 0 Å². The summed E-state index contributed by atoms with van der Waals surface area (Å²) < 4.78 is 11.9. The van der Waals surface area contributed by atoms with Crippen LogP contribution >= 0.6 is 0 Å². The van der Waals surface area contributed by atoms with Crippen molar-refractivity contribution in [1.82, 2.24) is 9.80 Å². The van der Waals surface area contributed by atoms with Gasteiger partial charge in [0.25, 0.3) is 0 Å². The summed E-state index contributed by atoms with van der Waals surface area (Å²) >= 11 is -1.44. The van der Waals surface area contributed by atoms with Gasteiger partial charge in [0, 0.05) is 0 Å². The summed E-state index contributed by atoms with van der Waals surface area (Å²) in [5.41, 5.74) is -0.193. The van der Waals surface area contributed by atoms with Gasteiger partial charge in [-0.25, -0.2) is 0 Å². The first-order chi connectivity index (χ1) is 7.54. The topological polar surface area (TPSA) is 24.9 Å². The SMILES string of the molecule is CN(C)CC(C)(C)[O][Pb][O]C(C)(C)CN(C)C. The molecule has 2 radical (unpaired) electrons. The molecule has 0 heterocycles. The van der Waals surface area contributed by atoms with Gasteiger partial charge < -0.3 is 0 Å². The monoisotopic (exact) mass is 440 g/mol. The van der Waals surface area contributed by atoms with Gasteiger partial charge in [-0.2, -0.15) is 0 Å². The van der Waals surface area contributed by atoms with E-state index < -0.39 is 25.1 Å². The molecule has 4 nitrogen and oxygen atoms in total. The molecule has 0 unspecified atom stereocenters. The van der Waals surface area contributed by atoms with Crippen LogP contribution in [-0.2, 0) is 5.37 Å². The molecule has 0 aliphatic heterocycles. The molecule has 17 heavy (non-hydrogen) atoms. The van der Waals surface area contributed by atoms with Gasteiger partial charge >= 0.3 is 120 Å². The number of hydrogen-bond acceptors (Lipinski definition) is 4. The third-order valence-electron chi connectivity index (χ3n) is 2.03. The van der Waals surface area contributed by atoms with Crippen molar-refractivity contribution in [1.29, 1.82) is 0 Å². The fraction of sp³-hybridized carbons (Fsp3) is 1.00. The van der Waals surface area contributed by atoms with Crippen LogP contribution in [0.15, 0.2) is 0 Å². The van der Waals surface area contributed by atoms with Crippen LogP contribution in [0.3, 0.4) is 0 Å². The second-order valence-corrected chi connectivity index (χ2v) is 8.52. The van der Waals surface area contributed by atoms with Crippen LogP contribution in [0, 0.1) is 0 Å². The Labute approximate surface area is 120 Å². The van der Waals surface area contributed by atoms with Crippen LogP contribution in [0.1, 0.15) is 27.7 Å². The van der Waals surface area contributed by atoms with Crippen molar-refractivity contribution in [3.8, 4) is 0 Å². The van der Waals surface area contributed by atoms with Crippen LogP contribution in [0.5, 0.6) is 0 Å². The molecule has 0 atom stereocenters. The van der Waals surface area contributed by atoms with E-state index in [4.69, 9.17) is 5.37 Å². The van der Waals surface area contributed by atoms with Crippen LogP contribution in [0.25, 0.3) is 0 Å². The van der Waals surface area contributed by atoms with E-state index in [9.17, 15) is 0 Å². The molecule has 0 aromatic rings. The van der Waals surface area contributed by atoms with Gasteiger partial charge in [0.1, 0.15) is 0 Å². The molecule has 0 rings (SSSR count). The molecule has 0 saturated carbocycles. The second-order valence-electron chi connectivity index (χ2n) is 6.28. The molecule has 0 N–H and O–H groups in total. The van der Waals surface area contributed by atoms with Crippen molar-refractivity contribution in [3.63, 3.8) is 0 Å². The van der Waals surface area contributed by atoms with Crippen molar-refractivity contribution in [2.24, 2.45) is 0 Å². The summed E-state index contributed by atoms with van der Waals surface area (Å²) in [6, 6.07) is 0. The maximum atomic E-state index is 5.97. The van der Waals surface area contributed by atoms with Crippen molar-refractivity contribution in [3.05, 3.63) is 0 Å². The third-order valence-corrected chi connectivity index (χ3v) is 6.97. The molecule has 0 spiro atoms. The average molecular weight is 440 g/mol. The zero-order valence-corrected chi connectivity index (χ0v) is 16.5. The molecule has 0 bridgehead atoms. The molecule has 0 aliphatic rings. The number of nitrogens with zero attached hydrogens (tertiary/aromatic N) is 2. The molecule has 5 heteroatoms. The Kier molecular flexibility index (Phi) is 7.71. The van der Waals surface area contributed by atoms with E-state index in [1.165, 1.54) is 0 Å². The predicted octanol–water partition coefficient (Wildman–Crippen LogP) is 1.23. The minimum absolute atomic E-state index is 0.0964. The Morgan fingerprint density at radius 2 is 1.06 bits per heavy atom. The van der Waals surface area contributed by atoms with E-state index in [2.05, 4.69) is 65.7 Å². The number of rotatable bonds is 8. The van der Waals surface area contributed by atoms with Gasteiger partial charge in [0.2, 0.25) is 0 Å². The summed E-state index contributed by atoms with van der Waals surface area (Å²) in [6.07, 6.45) is 0. The standard InChI is InChI=1S/2C6H14NO.Pb/c2*1-6(2,8)5-7(3)4;/h2*5H2,1-4H3;/q2*-1;+2. The van der Waals surface area contributed by atoms with Crippen molar-refractivity contribution in [2.45, 2.75) is 38.9 Å². The first kappa shape index (κ1) is 17.8. The Balaban J connectivity index is 3.97. The number of hydrogen-bond donors (Lipinski definition) is 0. The fourth-order valence-electron chi connectivity index (χ4n) is 1.83. The van der Waals surface area contributed by atoms with E-state index in [1.807, 2.05) is 0 Å². The molecular weight excluding hydrogens is 411 g/mol. The van der Waals surface area contributed by atoms with Gasteiger partial charge in [-0.3, -0.25) is 0 Å². The first-order valence-corrected chi connectivity index (χ1v) is 9.12. The molecule has 0 aliphatic carbocycles. The second kappa shape index (κ2) is 7.38. The van der Waals surface area contributed by atoms with Crippen LogP contribution in [0.2, 0.25) is 0 Å². The van der Waals surface area contributed by atoms with Crippen LogP contribution in [0.4, 0.5) is 0 Å². The Hall–Kier alpha value is 0.762. The summed E-state index contributed by atoms with van der Waals surface area (Å²) in [5.74, 6) is 0. The molecule has 0 aromatic heterocycles. The Bertz CT molecular complexity index is 197. The third kappa shape index (κ3) is 10.4. The van der Waals surface area contributed by atoms with E-state index in [0.29, 0.717) is 0 Å². The molecule has 0 fully saturated rings. The summed E-state index contributed by atoms with van der Waals surface area (Å²) in [4.78, 5) is 4.29. The molecule has 102 valence electrons. The molecular formula is C12H28N2O2Pb. The molecule has 0 aromatic carbocycles. The summed E-state index contributed by atoms with van der Waals surface area (Å²) in [7, 11) is 8.26. The van der Waals surface area contributed by atoms with E-state index >= 15 is 0 Å². The normalized spacial score (nSPS) is 13.8. The zero-order valence-electron chi connectivity index (χ0n) is 12.6. The van der Waals surface area contributed by atoms with Gasteiger partial charge in [-0.05, 0) is 0 Å². The summed E-state index contributed by atoms with van der Waals surface area (Å²) in [6.45, 7) is 10.4. The minimum atomic E-state index is -1.44. The molecule has 0 amide bonds. The predicted molar refractivity (Wildman–Crippen MR) is 73.2 cm³/mol. The van der Waals surface area contributed by atoms with E-state index in [1.54, 1.807) is 0 Å². The molecule has 0 saturated heterocycles. The van der Waals surface area contributed by atoms with Crippen LogP contribution in [-0.4, -0.2) is 87.4 Å². The Morgan fingerprint density at radius 3 is 1.29 bits per heavy atom. The first-order valence-electron chi connectivity index (χ1n) is 5.94. The average Bonchev–Trinajstić information content (AvgIpc) is 1.96.